The highest BCUT2D eigenvalue weighted by atomic mass is 35.5. The van der Waals surface area contributed by atoms with Gasteiger partial charge < -0.3 is 29.8 Å². The van der Waals surface area contributed by atoms with Crippen molar-refractivity contribution >= 4 is 55.6 Å². The van der Waals surface area contributed by atoms with Crippen LogP contribution in [0.2, 0.25) is 5.15 Å². The number of anilines is 2. The van der Waals surface area contributed by atoms with Crippen molar-refractivity contribution in [2.45, 2.75) is 107 Å². The van der Waals surface area contributed by atoms with Crippen LogP contribution in [0, 0.1) is 21.4 Å². The molecule has 1 amide bonds. The van der Waals surface area contributed by atoms with Gasteiger partial charge in [0.2, 0.25) is 0 Å². The highest BCUT2D eigenvalue weighted by Gasteiger charge is 2.50. The largest absolute Gasteiger partial charge is 0.497 e. The number of pyridine rings is 1. The number of piperazine rings is 1. The Hall–Kier alpha value is -6.24. The number of nitrogens with one attached hydrogen (secondary N) is 3. The Morgan fingerprint density at radius 3 is 2.41 bits per heavy atom. The van der Waals surface area contributed by atoms with Crippen LogP contribution < -0.4 is 24.4 Å². The molecule has 4 aliphatic rings. The fourth-order valence-corrected chi connectivity index (χ4v) is 13.1. The number of aliphatic hydroxyl groups is 1. The van der Waals surface area contributed by atoms with E-state index in [4.69, 9.17) is 21.1 Å². The average molecular weight is 1060 g/mol. The smallest absolute Gasteiger partial charge is 0.293 e. The summed E-state index contributed by atoms with van der Waals surface area (Å²) < 4.78 is 41.7. The lowest BCUT2D eigenvalue weighted by Gasteiger charge is -2.58. The van der Waals surface area contributed by atoms with E-state index in [9.17, 15) is 28.4 Å². The molecular weight excluding hydrogens is 992 g/mol. The van der Waals surface area contributed by atoms with Crippen molar-refractivity contribution in [3.05, 3.63) is 141 Å². The van der Waals surface area contributed by atoms with Crippen molar-refractivity contribution < 1.29 is 32.7 Å². The Bertz CT molecular complexity index is 3160. The molecule has 0 bridgehead atoms. The number of benzene rings is 4. The van der Waals surface area contributed by atoms with Crippen molar-refractivity contribution in [1.82, 2.24) is 24.5 Å². The number of aromatic nitrogens is 2. The molecule has 18 heteroatoms. The van der Waals surface area contributed by atoms with E-state index in [1.54, 1.807) is 37.6 Å². The number of nitro benzene ring substituents is 1. The third-order valence-corrected chi connectivity index (χ3v) is 18.0. The van der Waals surface area contributed by atoms with E-state index in [-0.39, 0.29) is 45.3 Å². The van der Waals surface area contributed by atoms with Crippen LogP contribution in [0.3, 0.4) is 0 Å². The highest BCUT2D eigenvalue weighted by molar-refractivity contribution is 7.90. The molecule has 10 rings (SSSR count). The molecule has 1 unspecified atom stereocenters. The molecule has 6 aromatic rings. The van der Waals surface area contributed by atoms with Crippen molar-refractivity contribution in [3.63, 3.8) is 0 Å². The highest BCUT2D eigenvalue weighted by Crippen LogP contribution is 2.53. The van der Waals surface area contributed by atoms with Crippen LogP contribution in [0.25, 0.3) is 11.0 Å². The molecule has 1 spiro atoms. The summed E-state index contributed by atoms with van der Waals surface area (Å²) in [5.41, 5.74) is 4.59. The van der Waals surface area contributed by atoms with Gasteiger partial charge in [-0.2, -0.15) is 0 Å². The number of hydrogen-bond acceptors (Lipinski definition) is 13. The lowest BCUT2D eigenvalue weighted by molar-refractivity contribution is -0.384. The van der Waals surface area contributed by atoms with Crippen LogP contribution in [0.1, 0.15) is 111 Å². The maximum Gasteiger partial charge on any atom is 0.293 e. The van der Waals surface area contributed by atoms with Crippen LogP contribution in [0.4, 0.5) is 17.1 Å². The number of piperidine rings is 1. The summed E-state index contributed by atoms with van der Waals surface area (Å²) in [6.07, 6.45) is 8.73. The second-order valence-corrected chi connectivity index (χ2v) is 23.9. The van der Waals surface area contributed by atoms with Crippen LogP contribution in [0.15, 0.2) is 108 Å². The summed E-state index contributed by atoms with van der Waals surface area (Å²) in [6, 6.07) is 30.3. The fraction of sp³-hybridized carbons (Fsp3) is 0.439. The topological polar surface area (TPSA) is 196 Å². The molecule has 4 N–H and O–H groups in total. The Labute approximate surface area is 444 Å². The van der Waals surface area contributed by atoms with E-state index >= 15 is 0 Å². The summed E-state index contributed by atoms with van der Waals surface area (Å²) >= 11 is 6.64. The maximum atomic E-state index is 14.2. The Morgan fingerprint density at radius 1 is 0.947 bits per heavy atom. The van der Waals surface area contributed by atoms with E-state index in [2.05, 4.69) is 85.0 Å². The van der Waals surface area contributed by atoms with Crippen molar-refractivity contribution in [1.29, 1.82) is 0 Å². The van der Waals surface area contributed by atoms with Gasteiger partial charge in [-0.15, -0.1) is 0 Å². The zero-order valence-electron chi connectivity index (χ0n) is 43.1. The predicted molar refractivity (Wildman–Crippen MR) is 292 cm³/mol. The number of methoxy groups -OCH3 is 1. The van der Waals surface area contributed by atoms with Crippen molar-refractivity contribution in [2.24, 2.45) is 11.3 Å². The molecule has 1 atom stereocenters. The molecule has 16 nitrogen and oxygen atoms in total. The summed E-state index contributed by atoms with van der Waals surface area (Å²) in [7, 11) is -2.92. The number of aromatic amines is 1. The molecule has 396 valence electrons. The summed E-state index contributed by atoms with van der Waals surface area (Å²) in [5, 5.41) is 26.5. The van der Waals surface area contributed by atoms with Crippen molar-refractivity contribution in [3.8, 4) is 17.2 Å². The van der Waals surface area contributed by atoms with E-state index in [1.807, 2.05) is 25.1 Å². The van der Waals surface area contributed by atoms with Gasteiger partial charge in [0.15, 0.2) is 10.9 Å². The number of halogens is 1. The standard InChI is InChI=1S/C57H67ClN8O8S/c1-37(2)45-7-5-6-8-46(45)50-36-63(35-39-9-12-43(73-4)13-10-39)27-28-65(50)42-32-57(33-42)22-25-64(26-23-57)41-11-15-47(51(30-41)74-52-29-40-19-24-59-54(40)61-53(52)58)55(67)62-75(71,72)44-14-16-48(49(31-44)66(69)70)60-34-38-17-20-56(3,68)21-18-38/h5-16,19,24,29-31,37-38,42,50,60,68H,17-18,20-23,25-28,32-36H2,1-4H3,(H,59,61)(H,62,67)/t38-,50?,56-. The molecule has 2 saturated carbocycles. The molecule has 2 saturated heterocycles. The number of nitro groups is 1. The zero-order chi connectivity index (χ0) is 52.6. The average Bonchev–Trinajstić information content (AvgIpc) is 3.86. The molecule has 0 radical (unpaired) electrons. The quantitative estimate of drug-likeness (QED) is 0.0406. The zero-order valence-corrected chi connectivity index (χ0v) is 44.6. The minimum Gasteiger partial charge on any atom is -0.497 e. The molecule has 2 aromatic heterocycles. The van der Waals surface area contributed by atoms with Gasteiger partial charge in [0.1, 0.15) is 22.8 Å². The SMILES string of the molecule is COc1ccc(CN2CCN(C3CC4(CCN(c5ccc(C(=O)NS(=O)(=O)c6ccc(NC[C@H]7CC[C@](C)(O)CC7)c([N+](=O)[O-])c6)c(Oc6cc7cc[nH]c7nc6Cl)c5)CC4)C3)C(c3ccccc3C(C)C)C2)cc1. The van der Waals surface area contributed by atoms with Gasteiger partial charge in [-0.1, -0.05) is 61.8 Å². The molecule has 4 aromatic carbocycles. The number of sulfonamides is 1. The summed E-state index contributed by atoms with van der Waals surface area (Å²) in [6.45, 7) is 12.2. The number of fused-ring (bicyclic) bond motifs is 1. The Kier molecular flexibility index (Phi) is 14.9. The monoisotopic (exact) mass is 1060 g/mol. The second-order valence-electron chi connectivity index (χ2n) is 21.8. The van der Waals surface area contributed by atoms with Gasteiger partial charge in [-0.3, -0.25) is 24.7 Å². The predicted octanol–water partition coefficient (Wildman–Crippen LogP) is 10.8. The molecule has 2 aliphatic heterocycles. The first-order chi connectivity index (χ1) is 35.9. The third kappa shape index (κ3) is 11.5. The maximum absolute atomic E-state index is 14.2. The lowest BCUT2D eigenvalue weighted by atomic mass is 9.59. The normalized spacial score (nSPS) is 21.5. The van der Waals surface area contributed by atoms with Crippen LogP contribution in [-0.4, -0.2) is 102 Å². The molecule has 75 heavy (non-hydrogen) atoms. The summed E-state index contributed by atoms with van der Waals surface area (Å²) in [5.74, 6) is 0.709. The number of H-pyrrole nitrogens is 1. The number of ether oxygens (including phenoxy) is 2. The van der Waals surface area contributed by atoms with Gasteiger partial charge >= 0.3 is 0 Å². The first kappa shape index (κ1) is 52.2. The number of nitrogens with zero attached hydrogens (tertiary/aromatic N) is 5. The van der Waals surface area contributed by atoms with E-state index < -0.39 is 37.0 Å². The van der Waals surface area contributed by atoms with Crippen molar-refractivity contribution in [2.75, 3.05) is 56.6 Å². The van der Waals surface area contributed by atoms with Gasteiger partial charge in [0.25, 0.3) is 21.6 Å². The fourth-order valence-electron chi connectivity index (χ4n) is 11.9. The molecule has 4 fully saturated rings. The van der Waals surface area contributed by atoms with Crippen LogP contribution in [-0.2, 0) is 16.6 Å². The van der Waals surface area contributed by atoms with Gasteiger partial charge in [0, 0.05) is 87.3 Å². The van der Waals surface area contributed by atoms with Gasteiger partial charge in [0.05, 0.1) is 28.1 Å². The van der Waals surface area contributed by atoms with Gasteiger partial charge in [-0.05, 0) is 141 Å². The first-order valence-electron chi connectivity index (χ1n) is 26.2. The van der Waals surface area contributed by atoms with E-state index in [0.29, 0.717) is 37.0 Å². The number of hydrogen-bond donors (Lipinski definition) is 4. The third-order valence-electron chi connectivity index (χ3n) is 16.4. The minimum absolute atomic E-state index is 0.0405. The Morgan fingerprint density at radius 2 is 1.69 bits per heavy atom. The number of carbonyl (C=O) groups is 1. The van der Waals surface area contributed by atoms with E-state index in [0.717, 1.165) is 101 Å². The lowest BCUT2D eigenvalue weighted by Crippen LogP contribution is -2.60. The number of carbonyl (C=O) groups excluding carboxylic acids is 1. The van der Waals surface area contributed by atoms with Gasteiger partial charge in [-0.25, -0.2) is 18.1 Å². The second kappa shape index (κ2) is 21.4. The minimum atomic E-state index is -4.62. The summed E-state index contributed by atoms with van der Waals surface area (Å²) in [4.78, 5) is 40.4. The molecule has 4 heterocycles. The Balaban J connectivity index is 0.840. The van der Waals surface area contributed by atoms with E-state index in [1.165, 1.54) is 28.8 Å². The first-order valence-corrected chi connectivity index (χ1v) is 28.0. The number of amides is 1. The molecule has 2 aliphatic carbocycles. The van der Waals surface area contributed by atoms with Crippen LogP contribution >= 0.6 is 11.6 Å². The van der Waals surface area contributed by atoms with Crippen LogP contribution in [0.5, 0.6) is 17.2 Å². The molecular formula is C57H67ClN8O8S. The number of rotatable bonds is 16.